The first-order chi connectivity index (χ1) is 23.8. The fraction of sp³-hybridized carbons (Fsp3) is 0.692. The Hall–Kier alpha value is -2.93. The molecule has 0 aliphatic heterocycles. The molecule has 3 heterocycles. The molecule has 3 aromatic heterocycles. The highest BCUT2D eigenvalue weighted by Crippen LogP contribution is 2.37. The summed E-state index contributed by atoms with van der Waals surface area (Å²) in [6.07, 6.45) is 28.5. The first-order valence-corrected chi connectivity index (χ1v) is 22.1. The minimum absolute atomic E-state index is 0.369. The molecule has 0 unspecified atom stereocenters. The van der Waals surface area contributed by atoms with E-state index in [1.807, 2.05) is 27.6 Å². The van der Waals surface area contributed by atoms with E-state index in [1.165, 1.54) is 96.3 Å². The van der Waals surface area contributed by atoms with Gasteiger partial charge in [0.1, 0.15) is 30.6 Å². The number of aromatic nitrogens is 6. The number of hydrogen-bond donors (Lipinski definition) is 1. The molecule has 0 saturated carbocycles. The van der Waals surface area contributed by atoms with E-state index < -0.39 is 7.14 Å². The van der Waals surface area contributed by atoms with Crippen LogP contribution in [-0.2, 0) is 24.0 Å². The van der Waals surface area contributed by atoms with Crippen molar-refractivity contribution in [2.75, 3.05) is 25.7 Å². The third-order valence-corrected chi connectivity index (χ3v) is 11.1. The van der Waals surface area contributed by atoms with Gasteiger partial charge in [-0.3, -0.25) is 4.68 Å². The molecule has 0 saturated heterocycles. The lowest BCUT2D eigenvalue weighted by molar-refractivity contribution is 0.108. The van der Waals surface area contributed by atoms with Crippen molar-refractivity contribution in [3.05, 3.63) is 35.9 Å². The number of aryl methyl sites for hydroxylation is 3. The van der Waals surface area contributed by atoms with Crippen molar-refractivity contribution < 1.29 is 9.40 Å². The van der Waals surface area contributed by atoms with Crippen LogP contribution in [0, 0.1) is 0 Å². The molecule has 2 N–H and O–H groups in total. The number of anilines is 1. The summed E-state index contributed by atoms with van der Waals surface area (Å²) >= 11 is 0. The van der Waals surface area contributed by atoms with Crippen molar-refractivity contribution in [1.82, 2.24) is 29.7 Å². The fourth-order valence-electron chi connectivity index (χ4n) is 6.60. The van der Waals surface area contributed by atoms with Gasteiger partial charge in [-0.1, -0.05) is 121 Å². The van der Waals surface area contributed by atoms with Gasteiger partial charge in [0.15, 0.2) is 5.82 Å². The number of hydrogen-bond acceptors (Lipinski definition) is 7. The zero-order valence-corrected chi connectivity index (χ0v) is 32.0. The van der Waals surface area contributed by atoms with Gasteiger partial charge in [0.05, 0.1) is 11.2 Å². The SMILES string of the molecule is CCCCCCCCCCCCCCCCCc1cn(CCCCOn2c(CCCC)nc3c(N)nc4cc(P(C)(C)=O)ccc4c32)nn1. The molecule has 1 aromatic carbocycles. The molecule has 9 nitrogen and oxygen atoms in total. The zero-order chi connectivity index (χ0) is 34.9. The standard InChI is InChI=1S/C39H64N7O2P/c1-5-7-9-10-11-12-13-14-15-16-17-18-19-20-21-24-32-31-45(44-43-32)28-22-23-29-48-46-36(25-8-6-2)42-37-38(46)34-27-26-33(49(3,4)47)30-35(34)41-39(37)40/h26-27,30-31H,5-25,28-29H2,1-4H3,(H2,40,41). The number of nitrogens with two attached hydrogens (primary N) is 1. The van der Waals surface area contributed by atoms with Crippen LogP contribution < -0.4 is 15.9 Å². The number of nitrogen functional groups attached to an aromatic ring is 1. The van der Waals surface area contributed by atoms with E-state index in [0.29, 0.717) is 23.5 Å². The van der Waals surface area contributed by atoms with Crippen LogP contribution in [0.15, 0.2) is 24.4 Å². The van der Waals surface area contributed by atoms with Gasteiger partial charge in [-0.05, 0) is 57.6 Å². The summed E-state index contributed by atoms with van der Waals surface area (Å²) in [6, 6.07) is 5.79. The van der Waals surface area contributed by atoms with Crippen LogP contribution >= 0.6 is 7.14 Å². The second-order valence-corrected chi connectivity index (χ2v) is 17.6. The largest absolute Gasteiger partial charge is 0.412 e. The summed E-state index contributed by atoms with van der Waals surface area (Å²) in [4.78, 5) is 15.9. The highest BCUT2D eigenvalue weighted by atomic mass is 31.2. The molecule has 0 amide bonds. The average molecular weight is 694 g/mol. The maximum absolute atomic E-state index is 12.7. The van der Waals surface area contributed by atoms with E-state index in [2.05, 4.69) is 35.3 Å². The molecule has 4 rings (SSSR count). The molecule has 0 bridgehead atoms. The van der Waals surface area contributed by atoms with Crippen molar-refractivity contribution >= 4 is 40.2 Å². The molecule has 0 aliphatic rings. The summed E-state index contributed by atoms with van der Waals surface area (Å²) in [6.45, 7) is 9.37. The number of pyridine rings is 1. The van der Waals surface area contributed by atoms with Crippen molar-refractivity contribution in [1.29, 1.82) is 0 Å². The van der Waals surface area contributed by atoms with E-state index in [4.69, 9.17) is 15.6 Å². The molecule has 10 heteroatoms. The molecular formula is C39H64N7O2P. The van der Waals surface area contributed by atoms with Crippen molar-refractivity contribution in [3.63, 3.8) is 0 Å². The molecule has 0 radical (unpaired) electrons. The van der Waals surface area contributed by atoms with Gasteiger partial charge >= 0.3 is 0 Å². The predicted octanol–water partition coefficient (Wildman–Crippen LogP) is 9.67. The Bertz CT molecular complexity index is 1590. The van der Waals surface area contributed by atoms with Crippen LogP contribution in [0.3, 0.4) is 0 Å². The average Bonchev–Trinajstić information content (AvgIpc) is 3.69. The lowest BCUT2D eigenvalue weighted by Crippen LogP contribution is -2.17. The fourth-order valence-corrected chi connectivity index (χ4v) is 7.47. The quantitative estimate of drug-likeness (QED) is 0.0515. The summed E-state index contributed by atoms with van der Waals surface area (Å²) in [5.41, 5.74) is 9.70. The number of unbranched alkanes of at least 4 members (excludes halogenated alkanes) is 16. The van der Waals surface area contributed by atoms with Crippen LogP contribution in [-0.4, -0.2) is 49.6 Å². The highest BCUT2D eigenvalue weighted by molar-refractivity contribution is 7.70. The van der Waals surface area contributed by atoms with Gasteiger partial charge in [-0.25, -0.2) is 9.97 Å². The summed E-state index contributed by atoms with van der Waals surface area (Å²) in [5.74, 6) is 1.23. The second-order valence-electron chi connectivity index (χ2n) is 14.4. The van der Waals surface area contributed by atoms with Crippen LogP contribution in [0.5, 0.6) is 0 Å². The molecular weight excluding hydrogens is 629 g/mol. The minimum atomic E-state index is -2.43. The van der Waals surface area contributed by atoms with Crippen LogP contribution in [0.2, 0.25) is 0 Å². The predicted molar refractivity (Wildman–Crippen MR) is 206 cm³/mol. The Balaban J connectivity index is 1.15. The van der Waals surface area contributed by atoms with Crippen molar-refractivity contribution in [2.24, 2.45) is 0 Å². The molecule has 49 heavy (non-hydrogen) atoms. The third kappa shape index (κ3) is 12.4. The molecule has 0 atom stereocenters. The normalized spacial score (nSPS) is 12.1. The van der Waals surface area contributed by atoms with Crippen molar-refractivity contribution in [3.8, 4) is 0 Å². The highest BCUT2D eigenvalue weighted by Gasteiger charge is 2.20. The second kappa shape index (κ2) is 20.7. The summed E-state index contributed by atoms with van der Waals surface area (Å²) in [5, 5.41) is 10.5. The number of benzene rings is 1. The first kappa shape index (κ1) is 38.9. The first-order valence-electron chi connectivity index (χ1n) is 19.5. The van der Waals surface area contributed by atoms with E-state index in [1.54, 1.807) is 13.3 Å². The number of rotatable bonds is 26. The molecule has 0 spiro atoms. The third-order valence-electron chi connectivity index (χ3n) is 9.62. The lowest BCUT2D eigenvalue weighted by Gasteiger charge is -2.13. The Morgan fingerprint density at radius 3 is 2.02 bits per heavy atom. The van der Waals surface area contributed by atoms with Gasteiger partial charge in [0, 0.05) is 29.9 Å². The molecule has 272 valence electrons. The maximum Gasteiger partial charge on any atom is 0.152 e. The molecule has 0 fully saturated rings. The van der Waals surface area contributed by atoms with Gasteiger partial charge < -0.3 is 15.1 Å². The van der Waals surface area contributed by atoms with Gasteiger partial charge in [-0.15, -0.1) is 5.10 Å². The van der Waals surface area contributed by atoms with Crippen LogP contribution in [0.1, 0.15) is 147 Å². The Morgan fingerprint density at radius 2 is 1.39 bits per heavy atom. The van der Waals surface area contributed by atoms with Crippen LogP contribution in [0.4, 0.5) is 5.82 Å². The Labute approximate surface area is 295 Å². The van der Waals surface area contributed by atoms with Crippen LogP contribution in [0.25, 0.3) is 21.9 Å². The van der Waals surface area contributed by atoms with Gasteiger partial charge in [0.2, 0.25) is 0 Å². The van der Waals surface area contributed by atoms with E-state index in [-0.39, 0.29) is 0 Å². The van der Waals surface area contributed by atoms with Gasteiger partial charge in [0.25, 0.3) is 0 Å². The molecule has 0 aliphatic carbocycles. The Kier molecular flexibility index (Phi) is 16.4. The van der Waals surface area contributed by atoms with E-state index >= 15 is 0 Å². The van der Waals surface area contributed by atoms with Crippen molar-refractivity contribution in [2.45, 2.75) is 155 Å². The number of imidazole rings is 1. The van der Waals surface area contributed by atoms with E-state index in [0.717, 1.165) is 72.8 Å². The minimum Gasteiger partial charge on any atom is -0.412 e. The molecule has 4 aromatic rings. The maximum atomic E-state index is 12.7. The number of fused-ring (bicyclic) bond motifs is 3. The summed E-state index contributed by atoms with van der Waals surface area (Å²) in [7, 11) is -2.43. The summed E-state index contributed by atoms with van der Waals surface area (Å²) < 4.78 is 16.6. The smallest absolute Gasteiger partial charge is 0.152 e. The zero-order valence-electron chi connectivity index (χ0n) is 31.1. The number of nitrogens with zero attached hydrogens (tertiary/aromatic N) is 6. The monoisotopic (exact) mass is 693 g/mol. The van der Waals surface area contributed by atoms with E-state index in [9.17, 15) is 4.57 Å². The lowest BCUT2D eigenvalue weighted by atomic mass is 10.0. The Morgan fingerprint density at radius 1 is 0.755 bits per heavy atom. The van der Waals surface area contributed by atoms with Gasteiger partial charge in [-0.2, -0.15) is 4.73 Å². The topological polar surface area (TPSA) is 114 Å².